The molecule has 4 N–H and O–H groups in total. The zero-order valence-corrected chi connectivity index (χ0v) is 9.47. The van der Waals surface area contributed by atoms with Gasteiger partial charge in [0.05, 0.1) is 0 Å². The molecule has 1 aromatic carbocycles. The summed E-state index contributed by atoms with van der Waals surface area (Å²) < 4.78 is 0. The fraction of sp³-hybridized carbons (Fsp3) is 0.417. The zero-order valence-electron chi connectivity index (χ0n) is 9.47. The number of anilines is 1. The van der Waals surface area contributed by atoms with Gasteiger partial charge in [-0.1, -0.05) is 0 Å². The van der Waals surface area contributed by atoms with Crippen LogP contribution < -0.4 is 10.6 Å². The van der Waals surface area contributed by atoms with E-state index in [1.54, 1.807) is 12.1 Å². The molecule has 0 unspecified atom stereocenters. The first kappa shape index (κ1) is 11.7. The molecule has 0 saturated carbocycles. The summed E-state index contributed by atoms with van der Waals surface area (Å²) in [6, 6.07) is 6.88. The van der Waals surface area contributed by atoms with Gasteiger partial charge in [-0.15, -0.1) is 0 Å². The third-order valence-electron chi connectivity index (χ3n) is 3.30. The first-order chi connectivity index (χ1) is 8.01. The number of hydrogen-bond acceptors (Lipinski definition) is 4. The molecule has 0 spiro atoms. The van der Waals surface area contributed by atoms with Crippen LogP contribution in [0.3, 0.4) is 0 Å². The molecule has 5 heteroatoms. The number of carbonyl (C=O) groups is 1. The van der Waals surface area contributed by atoms with Crippen molar-refractivity contribution in [3.8, 4) is 5.75 Å². The summed E-state index contributed by atoms with van der Waals surface area (Å²) in [7, 11) is 0. The number of phenolic OH excluding ortho intramolecular Hbond substituents is 1. The molecule has 0 bridgehead atoms. The smallest absolute Gasteiger partial charge is 0.323 e. The maximum absolute atomic E-state index is 11.0. The number of phenols is 1. The summed E-state index contributed by atoms with van der Waals surface area (Å²) in [6.07, 6.45) is 0.867. The minimum absolute atomic E-state index is 0.226. The fourth-order valence-corrected chi connectivity index (χ4v) is 2.04. The molecular weight excluding hydrogens is 220 g/mol. The van der Waals surface area contributed by atoms with Crippen molar-refractivity contribution in [2.24, 2.45) is 5.73 Å². The molecule has 2 rings (SSSR count). The van der Waals surface area contributed by atoms with Crippen molar-refractivity contribution in [3.05, 3.63) is 24.3 Å². The average molecular weight is 236 g/mol. The number of rotatable bonds is 2. The molecule has 0 atom stereocenters. The summed E-state index contributed by atoms with van der Waals surface area (Å²) in [4.78, 5) is 13.1. The largest absolute Gasteiger partial charge is 0.508 e. The van der Waals surface area contributed by atoms with Crippen LogP contribution in [0, 0.1) is 0 Å². The molecule has 92 valence electrons. The minimum Gasteiger partial charge on any atom is -0.508 e. The molecule has 1 aliphatic rings. The average Bonchev–Trinajstić information content (AvgIpc) is 2.31. The standard InChI is InChI=1S/C12H16N2O3/c13-12(11(16)17)5-7-14(8-6-12)9-1-3-10(15)4-2-9/h1-4,15H,5-8,13H2,(H,16,17). The van der Waals surface area contributed by atoms with Crippen molar-refractivity contribution in [3.63, 3.8) is 0 Å². The Bertz CT molecular complexity index is 408. The lowest BCUT2D eigenvalue weighted by Gasteiger charge is -2.37. The molecule has 1 aliphatic heterocycles. The topological polar surface area (TPSA) is 86.8 Å². The van der Waals surface area contributed by atoms with Crippen molar-refractivity contribution in [2.75, 3.05) is 18.0 Å². The molecule has 1 fully saturated rings. The van der Waals surface area contributed by atoms with E-state index in [1.165, 1.54) is 0 Å². The van der Waals surface area contributed by atoms with Gasteiger partial charge in [0.25, 0.3) is 0 Å². The zero-order chi connectivity index (χ0) is 12.5. The number of nitrogens with two attached hydrogens (primary N) is 1. The highest BCUT2D eigenvalue weighted by atomic mass is 16.4. The number of hydrogen-bond donors (Lipinski definition) is 3. The van der Waals surface area contributed by atoms with Crippen LogP contribution in [0.1, 0.15) is 12.8 Å². The lowest BCUT2D eigenvalue weighted by atomic mass is 9.88. The van der Waals surface area contributed by atoms with Crippen LogP contribution in [-0.4, -0.2) is 34.8 Å². The molecule has 1 saturated heterocycles. The van der Waals surface area contributed by atoms with Gasteiger partial charge in [0.2, 0.25) is 0 Å². The highest BCUT2D eigenvalue weighted by Crippen LogP contribution is 2.26. The van der Waals surface area contributed by atoms with E-state index in [0.717, 1.165) is 5.69 Å². The second kappa shape index (κ2) is 4.25. The number of benzene rings is 1. The lowest BCUT2D eigenvalue weighted by Crippen LogP contribution is -2.55. The molecule has 0 amide bonds. The minimum atomic E-state index is -1.09. The molecule has 1 heterocycles. The van der Waals surface area contributed by atoms with Gasteiger partial charge < -0.3 is 20.8 Å². The van der Waals surface area contributed by atoms with Crippen molar-refractivity contribution in [1.82, 2.24) is 0 Å². The first-order valence-electron chi connectivity index (χ1n) is 5.57. The molecule has 1 aromatic rings. The number of carboxylic acid groups (broad SMARTS) is 1. The Morgan fingerprint density at radius 3 is 2.24 bits per heavy atom. The van der Waals surface area contributed by atoms with Crippen molar-refractivity contribution < 1.29 is 15.0 Å². The van der Waals surface area contributed by atoms with Gasteiger partial charge in [-0.2, -0.15) is 0 Å². The molecule has 0 aliphatic carbocycles. The molecule has 0 radical (unpaired) electrons. The highest BCUT2D eigenvalue weighted by molar-refractivity contribution is 5.79. The van der Waals surface area contributed by atoms with E-state index in [2.05, 4.69) is 4.90 Å². The van der Waals surface area contributed by atoms with Gasteiger partial charge in [0.15, 0.2) is 0 Å². The molecule has 0 aromatic heterocycles. The Balaban J connectivity index is 2.04. The summed E-state index contributed by atoms with van der Waals surface area (Å²) in [5, 5.41) is 18.2. The SMILES string of the molecule is NC1(C(=O)O)CCN(c2ccc(O)cc2)CC1. The third-order valence-corrected chi connectivity index (χ3v) is 3.30. The predicted molar refractivity (Wildman–Crippen MR) is 64.1 cm³/mol. The van der Waals surface area contributed by atoms with Crippen LogP contribution in [0.25, 0.3) is 0 Å². The third kappa shape index (κ3) is 2.34. The maximum Gasteiger partial charge on any atom is 0.323 e. The number of piperidine rings is 1. The van der Waals surface area contributed by atoms with E-state index in [-0.39, 0.29) is 5.75 Å². The summed E-state index contributed by atoms with van der Waals surface area (Å²) in [6.45, 7) is 1.24. The van der Waals surface area contributed by atoms with Crippen molar-refractivity contribution in [2.45, 2.75) is 18.4 Å². The predicted octanol–water partition coefficient (Wildman–Crippen LogP) is 0.774. The van der Waals surface area contributed by atoms with Gasteiger partial charge in [-0.05, 0) is 37.1 Å². The van der Waals surface area contributed by atoms with Gasteiger partial charge in [0, 0.05) is 18.8 Å². The Kier molecular flexibility index (Phi) is 2.93. The van der Waals surface area contributed by atoms with Gasteiger partial charge in [-0.25, -0.2) is 0 Å². The van der Waals surface area contributed by atoms with E-state index in [4.69, 9.17) is 10.8 Å². The number of carboxylic acids is 1. The Morgan fingerprint density at radius 2 is 1.76 bits per heavy atom. The summed E-state index contributed by atoms with van der Waals surface area (Å²) in [5.74, 6) is -0.702. The van der Waals surface area contributed by atoms with Crippen LogP contribution in [0.15, 0.2) is 24.3 Å². The first-order valence-corrected chi connectivity index (χ1v) is 5.57. The number of aromatic hydroxyl groups is 1. The van der Waals surface area contributed by atoms with Crippen LogP contribution in [0.4, 0.5) is 5.69 Å². The second-order valence-corrected chi connectivity index (χ2v) is 4.46. The van der Waals surface area contributed by atoms with Crippen molar-refractivity contribution >= 4 is 11.7 Å². The van der Waals surface area contributed by atoms with Crippen LogP contribution in [0.5, 0.6) is 5.75 Å². The van der Waals surface area contributed by atoms with Crippen LogP contribution >= 0.6 is 0 Å². The Hall–Kier alpha value is -1.75. The van der Waals surface area contributed by atoms with Gasteiger partial charge >= 0.3 is 5.97 Å². The number of aliphatic carboxylic acids is 1. The number of nitrogens with zero attached hydrogens (tertiary/aromatic N) is 1. The molecule has 5 nitrogen and oxygen atoms in total. The Morgan fingerprint density at radius 1 is 1.24 bits per heavy atom. The van der Waals surface area contributed by atoms with E-state index in [0.29, 0.717) is 25.9 Å². The maximum atomic E-state index is 11.0. The van der Waals surface area contributed by atoms with Gasteiger partial charge in [-0.3, -0.25) is 4.79 Å². The lowest BCUT2D eigenvalue weighted by molar-refractivity contribution is -0.144. The normalized spacial score (nSPS) is 19.0. The van der Waals surface area contributed by atoms with E-state index in [1.807, 2.05) is 12.1 Å². The molecule has 17 heavy (non-hydrogen) atoms. The highest BCUT2D eigenvalue weighted by Gasteiger charge is 2.37. The van der Waals surface area contributed by atoms with Crippen molar-refractivity contribution in [1.29, 1.82) is 0 Å². The van der Waals surface area contributed by atoms with E-state index >= 15 is 0 Å². The summed E-state index contributed by atoms with van der Waals surface area (Å²) >= 11 is 0. The fourth-order valence-electron chi connectivity index (χ4n) is 2.04. The Labute approximate surface area is 99.5 Å². The van der Waals surface area contributed by atoms with Crippen LogP contribution in [-0.2, 0) is 4.79 Å². The molecular formula is C12H16N2O3. The van der Waals surface area contributed by atoms with E-state index in [9.17, 15) is 9.90 Å². The quantitative estimate of drug-likeness (QED) is 0.706. The second-order valence-electron chi connectivity index (χ2n) is 4.46. The summed E-state index contributed by atoms with van der Waals surface area (Å²) in [5.41, 5.74) is 5.69. The monoisotopic (exact) mass is 236 g/mol. The van der Waals surface area contributed by atoms with Gasteiger partial charge in [0.1, 0.15) is 11.3 Å². The van der Waals surface area contributed by atoms with Crippen LogP contribution in [0.2, 0.25) is 0 Å². The van der Waals surface area contributed by atoms with E-state index < -0.39 is 11.5 Å².